The van der Waals surface area contributed by atoms with E-state index >= 15 is 0 Å². The van der Waals surface area contributed by atoms with Crippen molar-refractivity contribution in [2.24, 2.45) is 23.2 Å². The molecule has 0 amide bonds. The minimum Gasteiger partial charge on any atom is -0.298 e. The van der Waals surface area contributed by atoms with Gasteiger partial charge in [0.1, 0.15) is 5.25 Å². The topological polar surface area (TPSA) is 71.4 Å². The van der Waals surface area contributed by atoms with E-state index in [0.717, 1.165) is 0 Å². The van der Waals surface area contributed by atoms with Crippen LogP contribution in [0.5, 0.6) is 0 Å². The second kappa shape index (κ2) is 2.83. The van der Waals surface area contributed by atoms with Crippen LogP contribution in [0.2, 0.25) is 0 Å². The summed E-state index contributed by atoms with van der Waals surface area (Å²) in [6.45, 7) is 5.95. The highest BCUT2D eigenvalue weighted by Crippen LogP contribution is 2.58. The van der Waals surface area contributed by atoms with Gasteiger partial charge in [0, 0.05) is 5.92 Å². The first-order valence-corrected chi connectivity index (χ1v) is 6.67. The molecule has 2 bridgehead atoms. The van der Waals surface area contributed by atoms with Crippen molar-refractivity contribution in [3.63, 3.8) is 0 Å². The summed E-state index contributed by atoms with van der Waals surface area (Å²) in [7, 11) is -4.23. The molecule has 0 aromatic heterocycles. The Morgan fingerprint density at radius 1 is 1.40 bits per heavy atom. The molecule has 0 aromatic carbocycles. The van der Waals surface area contributed by atoms with Crippen molar-refractivity contribution in [1.29, 1.82) is 0 Å². The maximum atomic E-state index is 11.8. The standard InChI is InChI=1S/C10H16O4S/c1-5-6-4-7(10(5,2)3)9(8(6)11)15(12,13)14/h5-7,9H,4H2,1-3H3,(H,12,13,14)/t5-,6+,7+,9-/m0/s1. The fourth-order valence-corrected chi connectivity index (χ4v) is 4.62. The van der Waals surface area contributed by atoms with Gasteiger partial charge in [0.05, 0.1) is 0 Å². The van der Waals surface area contributed by atoms with Crippen LogP contribution >= 0.6 is 0 Å². The predicted molar refractivity (Wildman–Crippen MR) is 54.9 cm³/mol. The van der Waals surface area contributed by atoms with Gasteiger partial charge in [-0.2, -0.15) is 8.42 Å². The van der Waals surface area contributed by atoms with Gasteiger partial charge in [-0.05, 0) is 23.7 Å². The minimum absolute atomic E-state index is 0.182. The first kappa shape index (κ1) is 11.1. The van der Waals surface area contributed by atoms with Crippen molar-refractivity contribution < 1.29 is 17.8 Å². The average Bonchev–Trinajstić information content (AvgIpc) is 2.48. The Hall–Kier alpha value is -0.420. The number of hydrogen-bond acceptors (Lipinski definition) is 3. The van der Waals surface area contributed by atoms with Crippen molar-refractivity contribution in [3.05, 3.63) is 0 Å². The van der Waals surface area contributed by atoms with Crippen LogP contribution in [0.25, 0.3) is 0 Å². The molecule has 0 heterocycles. The Labute approximate surface area is 89.8 Å². The molecular weight excluding hydrogens is 216 g/mol. The molecule has 0 aromatic rings. The lowest BCUT2D eigenvalue weighted by Crippen LogP contribution is -2.46. The van der Waals surface area contributed by atoms with Crippen LogP contribution in [0.3, 0.4) is 0 Å². The first-order chi connectivity index (χ1) is 6.67. The van der Waals surface area contributed by atoms with Gasteiger partial charge in [-0.1, -0.05) is 20.8 Å². The summed E-state index contributed by atoms with van der Waals surface area (Å²) in [5.41, 5.74) is -0.182. The molecule has 5 heteroatoms. The second-order valence-corrected chi connectivity index (χ2v) is 6.93. The number of fused-ring (bicyclic) bond motifs is 2. The van der Waals surface area contributed by atoms with Gasteiger partial charge in [-0.3, -0.25) is 9.35 Å². The zero-order valence-corrected chi connectivity index (χ0v) is 9.91. The lowest BCUT2D eigenvalue weighted by atomic mass is 9.69. The number of hydrogen-bond donors (Lipinski definition) is 1. The third kappa shape index (κ3) is 1.29. The SMILES string of the molecule is C[C@H]1[C@H]2C[C@H]([C@H](S(=O)(=O)O)C2=O)C1(C)C. The normalized spacial score (nSPS) is 43.6. The molecule has 1 N–H and O–H groups in total. The van der Waals surface area contributed by atoms with Crippen LogP contribution in [0.15, 0.2) is 0 Å². The van der Waals surface area contributed by atoms with Crippen LogP contribution in [-0.4, -0.2) is 24.0 Å². The van der Waals surface area contributed by atoms with E-state index in [-0.39, 0.29) is 29.0 Å². The molecule has 2 aliphatic rings. The number of Topliss-reactive ketones (excluding diaryl/α,β-unsaturated/α-hetero) is 1. The number of rotatable bonds is 1. The van der Waals surface area contributed by atoms with Crippen molar-refractivity contribution in [1.82, 2.24) is 0 Å². The van der Waals surface area contributed by atoms with E-state index in [1.807, 2.05) is 20.8 Å². The predicted octanol–water partition coefficient (Wildman–Crippen LogP) is 1.12. The maximum Gasteiger partial charge on any atom is 0.275 e. The van der Waals surface area contributed by atoms with Crippen LogP contribution in [-0.2, 0) is 14.9 Å². The van der Waals surface area contributed by atoms with Gasteiger partial charge in [-0.25, -0.2) is 0 Å². The molecule has 0 unspecified atom stereocenters. The summed E-state index contributed by atoms with van der Waals surface area (Å²) in [6.07, 6.45) is 0.609. The van der Waals surface area contributed by atoms with Crippen LogP contribution in [0.4, 0.5) is 0 Å². The van der Waals surface area contributed by atoms with E-state index < -0.39 is 15.4 Å². The van der Waals surface area contributed by atoms with Crippen LogP contribution in [0.1, 0.15) is 27.2 Å². The van der Waals surface area contributed by atoms with Crippen molar-refractivity contribution in [3.8, 4) is 0 Å². The lowest BCUT2D eigenvalue weighted by Gasteiger charge is -2.38. The van der Waals surface area contributed by atoms with Gasteiger partial charge in [0.15, 0.2) is 5.78 Å². The van der Waals surface area contributed by atoms with Gasteiger partial charge < -0.3 is 0 Å². The fourth-order valence-electron chi connectivity index (χ4n) is 3.28. The molecule has 0 spiro atoms. The summed E-state index contributed by atoms with van der Waals surface area (Å²) < 4.78 is 31.4. The number of carbonyl (C=O) groups is 1. The summed E-state index contributed by atoms with van der Waals surface area (Å²) in [6, 6.07) is 0. The van der Waals surface area contributed by atoms with E-state index in [4.69, 9.17) is 4.55 Å². The lowest BCUT2D eigenvalue weighted by molar-refractivity contribution is -0.125. The highest BCUT2D eigenvalue weighted by molar-refractivity contribution is 7.87. The molecule has 4 nitrogen and oxygen atoms in total. The Balaban J connectivity index is 2.46. The average molecular weight is 232 g/mol. The quantitative estimate of drug-likeness (QED) is 0.688. The highest BCUT2D eigenvalue weighted by atomic mass is 32.2. The third-order valence-corrected chi connectivity index (χ3v) is 5.78. The summed E-state index contributed by atoms with van der Waals surface area (Å²) >= 11 is 0. The molecule has 86 valence electrons. The van der Waals surface area contributed by atoms with Crippen LogP contribution < -0.4 is 0 Å². The highest BCUT2D eigenvalue weighted by Gasteiger charge is 2.63. The number of carbonyl (C=O) groups excluding carboxylic acids is 1. The number of ketones is 1. The second-order valence-electron chi connectivity index (χ2n) is 5.40. The molecule has 0 saturated heterocycles. The van der Waals surface area contributed by atoms with E-state index in [1.165, 1.54) is 0 Å². The fraction of sp³-hybridized carbons (Fsp3) is 0.900. The zero-order chi connectivity index (χ0) is 11.6. The Morgan fingerprint density at radius 3 is 2.33 bits per heavy atom. The minimum atomic E-state index is -4.23. The van der Waals surface area contributed by atoms with E-state index in [2.05, 4.69) is 0 Å². The molecule has 2 aliphatic carbocycles. The first-order valence-electron chi connectivity index (χ1n) is 5.17. The van der Waals surface area contributed by atoms with Gasteiger partial charge in [0.2, 0.25) is 0 Å². The largest absolute Gasteiger partial charge is 0.298 e. The van der Waals surface area contributed by atoms with Gasteiger partial charge >= 0.3 is 0 Å². The van der Waals surface area contributed by atoms with E-state index in [1.54, 1.807) is 0 Å². The van der Waals surface area contributed by atoms with Gasteiger partial charge in [-0.15, -0.1) is 0 Å². The third-order valence-electron chi connectivity index (χ3n) is 4.57. The van der Waals surface area contributed by atoms with E-state index in [0.29, 0.717) is 6.42 Å². The molecule has 15 heavy (non-hydrogen) atoms. The van der Waals surface area contributed by atoms with Crippen molar-refractivity contribution in [2.75, 3.05) is 0 Å². The summed E-state index contributed by atoms with van der Waals surface area (Å²) in [4.78, 5) is 11.8. The molecule has 0 aliphatic heterocycles. The van der Waals surface area contributed by atoms with Crippen molar-refractivity contribution >= 4 is 15.9 Å². The molecule has 2 fully saturated rings. The maximum absolute atomic E-state index is 11.8. The molecule has 4 atom stereocenters. The van der Waals surface area contributed by atoms with Gasteiger partial charge in [0.25, 0.3) is 10.1 Å². The summed E-state index contributed by atoms with van der Waals surface area (Å²) in [5.74, 6) is -0.487. The zero-order valence-electron chi connectivity index (χ0n) is 9.10. The summed E-state index contributed by atoms with van der Waals surface area (Å²) in [5, 5.41) is -1.17. The van der Waals surface area contributed by atoms with Crippen LogP contribution in [0, 0.1) is 23.2 Å². The monoisotopic (exact) mass is 232 g/mol. The molecular formula is C10H16O4S. The Morgan fingerprint density at radius 2 is 1.93 bits per heavy atom. The van der Waals surface area contributed by atoms with E-state index in [9.17, 15) is 13.2 Å². The van der Waals surface area contributed by atoms with Crippen molar-refractivity contribution in [2.45, 2.75) is 32.4 Å². The smallest absolute Gasteiger partial charge is 0.275 e. The molecule has 2 saturated carbocycles. The molecule has 2 rings (SSSR count). The Bertz CT molecular complexity index is 409. The molecule has 0 radical (unpaired) electrons. The Kier molecular flexibility index (Phi) is 2.09.